The quantitative estimate of drug-likeness (QED) is 0.491. The molecule has 0 unspecified atom stereocenters. The van der Waals surface area contributed by atoms with Crippen LogP contribution in [0.1, 0.15) is 12.8 Å². The minimum atomic E-state index is -2.51. The van der Waals surface area contributed by atoms with E-state index in [0.29, 0.717) is 6.42 Å². The molecule has 1 fully saturated rings. The Balaban J connectivity index is 1.73. The van der Waals surface area contributed by atoms with E-state index in [9.17, 15) is 8.78 Å². The highest BCUT2D eigenvalue weighted by atomic mass is 127. The maximum Gasteiger partial charge on any atom is 0.257 e. The molecule has 0 atom stereocenters. The fourth-order valence-corrected chi connectivity index (χ4v) is 3.03. The molecule has 1 saturated heterocycles. The minimum absolute atomic E-state index is 0.00532. The van der Waals surface area contributed by atoms with E-state index in [-0.39, 0.29) is 10.8 Å². The smallest absolute Gasteiger partial charge is 0.257 e. The Morgan fingerprint density at radius 1 is 1.14 bits per heavy atom. The molecule has 0 saturated carbocycles. The van der Waals surface area contributed by atoms with Crippen LogP contribution in [0.4, 0.5) is 14.5 Å². The van der Waals surface area contributed by atoms with Gasteiger partial charge in [0.05, 0.1) is 11.5 Å². The zero-order chi connectivity index (χ0) is 16.0. The number of piperazine rings is 1. The van der Waals surface area contributed by atoms with E-state index >= 15 is 0 Å². The van der Waals surface area contributed by atoms with Crippen LogP contribution in [0.3, 0.4) is 0 Å². The second-order valence-electron chi connectivity index (χ2n) is 5.62. The molecule has 1 aromatic rings. The summed E-state index contributed by atoms with van der Waals surface area (Å²) in [6.07, 6.45) is 0.563. The van der Waals surface area contributed by atoms with Gasteiger partial charge in [-0.25, -0.2) is 8.78 Å². The molecule has 0 bridgehead atoms. The number of anilines is 1. The van der Waals surface area contributed by atoms with Crippen molar-refractivity contribution in [3.05, 3.63) is 24.3 Å². The van der Waals surface area contributed by atoms with Crippen LogP contribution >= 0.6 is 22.6 Å². The van der Waals surface area contributed by atoms with E-state index in [1.54, 1.807) is 29.7 Å². The second-order valence-corrected chi connectivity index (χ2v) is 6.38. The summed E-state index contributed by atoms with van der Waals surface area (Å²) in [5.74, 6) is -1.65. The second kappa shape index (κ2) is 8.29. The molecule has 124 valence electrons. The summed E-state index contributed by atoms with van der Waals surface area (Å²) in [5.41, 5.74) is 1.19. The van der Waals surface area contributed by atoms with Gasteiger partial charge < -0.3 is 9.64 Å². The van der Waals surface area contributed by atoms with Crippen LogP contribution < -0.4 is 9.64 Å². The third-order valence-electron chi connectivity index (χ3n) is 4.02. The topological polar surface area (TPSA) is 15.7 Å². The molecule has 1 aliphatic rings. The molecule has 0 aliphatic carbocycles. The highest BCUT2D eigenvalue weighted by Crippen LogP contribution is 2.24. The summed E-state index contributed by atoms with van der Waals surface area (Å²) < 4.78 is 31.5. The predicted molar refractivity (Wildman–Crippen MR) is 94.7 cm³/mol. The van der Waals surface area contributed by atoms with Crippen LogP contribution in [0.15, 0.2) is 24.3 Å². The van der Waals surface area contributed by atoms with Gasteiger partial charge in [0.1, 0.15) is 5.75 Å². The zero-order valence-corrected chi connectivity index (χ0v) is 15.1. The number of methoxy groups -OCH3 is 1. The van der Waals surface area contributed by atoms with E-state index in [1.807, 2.05) is 12.1 Å². The highest BCUT2D eigenvalue weighted by Gasteiger charge is 2.27. The normalized spacial score (nSPS) is 16.8. The molecule has 2 rings (SSSR count). The zero-order valence-electron chi connectivity index (χ0n) is 12.9. The van der Waals surface area contributed by atoms with Crippen LogP contribution in [0.2, 0.25) is 0 Å². The number of halogens is 3. The average Bonchev–Trinajstić information content (AvgIpc) is 2.55. The average molecular weight is 424 g/mol. The molecule has 0 amide bonds. The molecule has 1 aliphatic heterocycles. The van der Waals surface area contributed by atoms with Crippen molar-refractivity contribution >= 4 is 28.3 Å². The summed E-state index contributed by atoms with van der Waals surface area (Å²) in [7, 11) is 1.66. The standard InChI is InChI=1S/C16H23F2IN2O/c1-22-15-5-3-14(4-6-15)21-11-9-20(10-12-21)8-2-7-16(17,18)13-19/h3-6H,2,7-13H2,1H3. The van der Waals surface area contributed by atoms with Crippen molar-refractivity contribution in [3.8, 4) is 5.75 Å². The predicted octanol–water partition coefficient (Wildman–Crippen LogP) is 3.67. The van der Waals surface area contributed by atoms with Gasteiger partial charge in [-0.2, -0.15) is 0 Å². The lowest BCUT2D eigenvalue weighted by Gasteiger charge is -2.36. The summed E-state index contributed by atoms with van der Waals surface area (Å²) in [5, 5.41) is 0. The van der Waals surface area contributed by atoms with Crippen molar-refractivity contribution in [2.45, 2.75) is 18.8 Å². The molecule has 1 heterocycles. The molecule has 6 heteroatoms. The van der Waals surface area contributed by atoms with Gasteiger partial charge in [0.15, 0.2) is 0 Å². The van der Waals surface area contributed by atoms with E-state index in [4.69, 9.17) is 4.74 Å². The van der Waals surface area contributed by atoms with Gasteiger partial charge in [-0.3, -0.25) is 4.90 Å². The molecule has 3 nitrogen and oxygen atoms in total. The monoisotopic (exact) mass is 424 g/mol. The van der Waals surface area contributed by atoms with Gasteiger partial charge in [0.2, 0.25) is 0 Å². The SMILES string of the molecule is COc1ccc(N2CCN(CCCC(F)(F)CI)CC2)cc1. The van der Waals surface area contributed by atoms with Gasteiger partial charge in [-0.15, -0.1) is 0 Å². The van der Waals surface area contributed by atoms with Crippen LogP contribution in [-0.4, -0.2) is 55.1 Å². The summed E-state index contributed by atoms with van der Waals surface area (Å²) in [6, 6.07) is 8.06. The molecule has 22 heavy (non-hydrogen) atoms. The van der Waals surface area contributed by atoms with Crippen molar-refractivity contribution in [2.24, 2.45) is 0 Å². The van der Waals surface area contributed by atoms with Gasteiger partial charge in [0, 0.05) is 38.3 Å². The first-order valence-corrected chi connectivity index (χ1v) is 9.12. The molecule has 0 radical (unpaired) electrons. The summed E-state index contributed by atoms with van der Waals surface area (Å²) in [6.45, 7) is 4.51. The first kappa shape index (κ1) is 17.7. The maximum atomic E-state index is 13.2. The lowest BCUT2D eigenvalue weighted by molar-refractivity contribution is 0.0166. The Hall–Kier alpha value is -0.630. The van der Waals surface area contributed by atoms with Crippen molar-refractivity contribution in [2.75, 3.05) is 49.2 Å². The number of alkyl halides is 3. The molecular weight excluding hydrogens is 401 g/mol. The number of hydrogen-bond donors (Lipinski definition) is 0. The molecule has 0 spiro atoms. The third kappa shape index (κ3) is 5.22. The van der Waals surface area contributed by atoms with E-state index in [1.165, 1.54) is 5.69 Å². The molecule has 0 N–H and O–H groups in total. The van der Waals surface area contributed by atoms with Crippen LogP contribution in [-0.2, 0) is 0 Å². The lowest BCUT2D eigenvalue weighted by atomic mass is 10.2. The minimum Gasteiger partial charge on any atom is -0.497 e. The first-order valence-electron chi connectivity index (χ1n) is 7.59. The fourth-order valence-electron chi connectivity index (χ4n) is 2.65. The van der Waals surface area contributed by atoms with Gasteiger partial charge in [-0.1, -0.05) is 22.6 Å². The maximum absolute atomic E-state index is 13.2. The lowest BCUT2D eigenvalue weighted by Crippen LogP contribution is -2.46. The molecule has 0 aromatic heterocycles. The number of benzene rings is 1. The van der Waals surface area contributed by atoms with Crippen LogP contribution in [0.25, 0.3) is 0 Å². The molecule has 1 aromatic carbocycles. The highest BCUT2D eigenvalue weighted by molar-refractivity contribution is 14.1. The van der Waals surface area contributed by atoms with Gasteiger partial charge in [0.25, 0.3) is 5.92 Å². The van der Waals surface area contributed by atoms with E-state index in [0.717, 1.165) is 38.5 Å². The largest absolute Gasteiger partial charge is 0.497 e. The Morgan fingerprint density at radius 2 is 1.77 bits per heavy atom. The number of nitrogens with zero attached hydrogens (tertiary/aromatic N) is 2. The van der Waals surface area contributed by atoms with Crippen LogP contribution in [0.5, 0.6) is 5.75 Å². The number of hydrogen-bond acceptors (Lipinski definition) is 3. The number of rotatable bonds is 7. The van der Waals surface area contributed by atoms with Crippen molar-refractivity contribution in [3.63, 3.8) is 0 Å². The van der Waals surface area contributed by atoms with Crippen molar-refractivity contribution < 1.29 is 13.5 Å². The third-order valence-corrected chi connectivity index (χ3v) is 5.14. The Kier molecular flexibility index (Phi) is 6.67. The Labute approximate surface area is 144 Å². The van der Waals surface area contributed by atoms with Gasteiger partial charge in [-0.05, 0) is 37.2 Å². The van der Waals surface area contributed by atoms with E-state index < -0.39 is 5.92 Å². The van der Waals surface area contributed by atoms with E-state index in [2.05, 4.69) is 21.9 Å². The number of ether oxygens (including phenoxy) is 1. The van der Waals surface area contributed by atoms with Crippen LogP contribution in [0, 0.1) is 0 Å². The Bertz CT molecular complexity index is 448. The summed E-state index contributed by atoms with van der Waals surface area (Å²) in [4.78, 5) is 4.61. The first-order chi connectivity index (χ1) is 10.5. The summed E-state index contributed by atoms with van der Waals surface area (Å²) >= 11 is 1.76. The fraction of sp³-hybridized carbons (Fsp3) is 0.625. The molecular formula is C16H23F2IN2O. The van der Waals surface area contributed by atoms with Gasteiger partial charge >= 0.3 is 0 Å². The Morgan fingerprint density at radius 3 is 2.32 bits per heavy atom. The van der Waals surface area contributed by atoms with Crippen molar-refractivity contribution in [1.29, 1.82) is 0 Å². The van der Waals surface area contributed by atoms with Crippen molar-refractivity contribution in [1.82, 2.24) is 4.90 Å².